The van der Waals surface area contributed by atoms with Gasteiger partial charge >= 0.3 is 6.03 Å². The summed E-state index contributed by atoms with van der Waals surface area (Å²) in [5.74, 6) is 0. The molecule has 1 saturated heterocycles. The largest absolute Gasteiger partial charge is 0.368 e. The maximum atomic E-state index is 12.4. The predicted molar refractivity (Wildman–Crippen MR) is 97.4 cm³/mol. The Morgan fingerprint density at radius 1 is 1.08 bits per heavy atom. The van der Waals surface area contributed by atoms with E-state index in [0.717, 1.165) is 5.69 Å². The van der Waals surface area contributed by atoms with E-state index in [4.69, 9.17) is 11.6 Å². The van der Waals surface area contributed by atoms with Crippen molar-refractivity contribution in [2.24, 2.45) is 0 Å². The van der Waals surface area contributed by atoms with Gasteiger partial charge in [0.25, 0.3) is 5.69 Å². The molecule has 1 heterocycles. The SMILES string of the molecule is O=C(Nc1ccc(Cl)cc1[N+](=O)[O-])N1CCN(c2ccccc2)CC1. The van der Waals surface area contributed by atoms with Crippen LogP contribution in [0, 0.1) is 10.1 Å². The number of para-hydroxylation sites is 1. The lowest BCUT2D eigenvalue weighted by molar-refractivity contribution is -0.383. The van der Waals surface area contributed by atoms with E-state index in [0.29, 0.717) is 26.2 Å². The number of anilines is 2. The highest BCUT2D eigenvalue weighted by Gasteiger charge is 2.23. The number of nitro groups is 1. The molecule has 0 aromatic heterocycles. The molecule has 2 amide bonds. The van der Waals surface area contributed by atoms with Gasteiger partial charge in [0.15, 0.2) is 0 Å². The van der Waals surface area contributed by atoms with Crippen LogP contribution < -0.4 is 10.2 Å². The normalized spacial score (nSPS) is 14.3. The maximum absolute atomic E-state index is 12.4. The van der Waals surface area contributed by atoms with E-state index >= 15 is 0 Å². The van der Waals surface area contributed by atoms with Crippen molar-refractivity contribution in [1.29, 1.82) is 0 Å². The topological polar surface area (TPSA) is 78.7 Å². The Morgan fingerprint density at radius 3 is 2.40 bits per heavy atom. The highest BCUT2D eigenvalue weighted by molar-refractivity contribution is 6.31. The van der Waals surface area contributed by atoms with E-state index in [1.165, 1.54) is 18.2 Å². The zero-order chi connectivity index (χ0) is 17.8. The van der Waals surface area contributed by atoms with Crippen LogP contribution in [0.1, 0.15) is 0 Å². The summed E-state index contributed by atoms with van der Waals surface area (Å²) in [6.45, 7) is 2.50. The molecule has 25 heavy (non-hydrogen) atoms. The van der Waals surface area contributed by atoms with Gasteiger partial charge in [0, 0.05) is 43.0 Å². The first-order valence-corrected chi connectivity index (χ1v) is 8.22. The van der Waals surface area contributed by atoms with Crippen LogP contribution in [0.5, 0.6) is 0 Å². The van der Waals surface area contributed by atoms with Crippen LogP contribution in [0.2, 0.25) is 5.02 Å². The second-order valence-corrected chi connectivity index (χ2v) is 6.09. The molecule has 8 heteroatoms. The summed E-state index contributed by atoms with van der Waals surface area (Å²) in [7, 11) is 0. The summed E-state index contributed by atoms with van der Waals surface area (Å²) in [6.07, 6.45) is 0. The zero-order valence-electron chi connectivity index (χ0n) is 13.4. The van der Waals surface area contributed by atoms with Crippen molar-refractivity contribution in [3.8, 4) is 0 Å². The van der Waals surface area contributed by atoms with Crippen molar-refractivity contribution < 1.29 is 9.72 Å². The Hall–Kier alpha value is -2.80. The molecule has 2 aromatic carbocycles. The van der Waals surface area contributed by atoms with Crippen LogP contribution in [-0.2, 0) is 0 Å². The fourth-order valence-corrected chi connectivity index (χ4v) is 2.93. The molecule has 0 aliphatic carbocycles. The third-order valence-corrected chi connectivity index (χ3v) is 4.32. The average Bonchev–Trinajstić information content (AvgIpc) is 2.64. The Labute approximate surface area is 149 Å². The molecule has 0 unspecified atom stereocenters. The average molecular weight is 361 g/mol. The molecule has 7 nitrogen and oxygen atoms in total. The van der Waals surface area contributed by atoms with Gasteiger partial charge in [-0.15, -0.1) is 0 Å². The number of amides is 2. The van der Waals surface area contributed by atoms with E-state index in [2.05, 4.69) is 10.2 Å². The van der Waals surface area contributed by atoms with Crippen molar-refractivity contribution in [1.82, 2.24) is 4.90 Å². The van der Waals surface area contributed by atoms with Gasteiger partial charge in [-0.3, -0.25) is 10.1 Å². The number of hydrogen-bond acceptors (Lipinski definition) is 4. The number of nitrogens with one attached hydrogen (secondary N) is 1. The second-order valence-electron chi connectivity index (χ2n) is 5.66. The first-order valence-electron chi connectivity index (χ1n) is 7.84. The highest BCUT2D eigenvalue weighted by atomic mass is 35.5. The number of carbonyl (C=O) groups is 1. The Morgan fingerprint density at radius 2 is 1.76 bits per heavy atom. The van der Waals surface area contributed by atoms with Gasteiger partial charge in [-0.05, 0) is 24.3 Å². The van der Waals surface area contributed by atoms with Gasteiger partial charge in [0.05, 0.1) is 4.92 Å². The van der Waals surface area contributed by atoms with Crippen LogP contribution in [0.4, 0.5) is 21.9 Å². The second kappa shape index (κ2) is 7.40. The molecule has 3 rings (SSSR count). The lowest BCUT2D eigenvalue weighted by Crippen LogP contribution is -2.50. The number of halogens is 1. The number of piperazine rings is 1. The lowest BCUT2D eigenvalue weighted by Gasteiger charge is -2.36. The van der Waals surface area contributed by atoms with Crippen molar-refractivity contribution in [3.63, 3.8) is 0 Å². The summed E-state index contributed by atoms with van der Waals surface area (Å²) in [6, 6.07) is 13.8. The molecular weight excluding hydrogens is 344 g/mol. The summed E-state index contributed by atoms with van der Waals surface area (Å²) in [5.41, 5.74) is 1.05. The van der Waals surface area contributed by atoms with Crippen molar-refractivity contribution in [2.75, 3.05) is 36.4 Å². The smallest absolute Gasteiger partial charge is 0.322 e. The zero-order valence-corrected chi connectivity index (χ0v) is 14.1. The number of nitro benzene ring substituents is 1. The summed E-state index contributed by atoms with van der Waals surface area (Å²) >= 11 is 5.79. The lowest BCUT2D eigenvalue weighted by atomic mass is 10.2. The van der Waals surface area contributed by atoms with Gasteiger partial charge in [0.1, 0.15) is 5.69 Å². The molecule has 1 aliphatic heterocycles. The first kappa shape index (κ1) is 17.0. The number of urea groups is 1. The molecule has 1 N–H and O–H groups in total. The fraction of sp³-hybridized carbons (Fsp3) is 0.235. The van der Waals surface area contributed by atoms with Crippen molar-refractivity contribution in [3.05, 3.63) is 63.7 Å². The van der Waals surface area contributed by atoms with E-state index < -0.39 is 4.92 Å². The number of hydrogen-bond donors (Lipinski definition) is 1. The first-order chi connectivity index (χ1) is 12.0. The van der Waals surface area contributed by atoms with Gasteiger partial charge in [-0.1, -0.05) is 29.8 Å². The minimum absolute atomic E-state index is 0.143. The molecule has 0 radical (unpaired) electrons. The maximum Gasteiger partial charge on any atom is 0.322 e. The van der Waals surface area contributed by atoms with Crippen LogP contribution in [0.3, 0.4) is 0 Å². The van der Waals surface area contributed by atoms with E-state index in [9.17, 15) is 14.9 Å². The van der Waals surface area contributed by atoms with Crippen LogP contribution in [0.25, 0.3) is 0 Å². The Kier molecular flexibility index (Phi) is 5.04. The van der Waals surface area contributed by atoms with Crippen LogP contribution >= 0.6 is 11.6 Å². The standard InChI is InChI=1S/C17H17ClN4O3/c18-13-6-7-15(16(12-13)22(24)25)19-17(23)21-10-8-20(9-11-21)14-4-2-1-3-5-14/h1-7,12H,8-11H2,(H,19,23). The van der Waals surface area contributed by atoms with Gasteiger partial charge in [0.2, 0.25) is 0 Å². The van der Waals surface area contributed by atoms with E-state index in [-0.39, 0.29) is 22.4 Å². The van der Waals surface area contributed by atoms with Crippen molar-refractivity contribution >= 4 is 34.7 Å². The number of rotatable bonds is 3. The Bertz CT molecular complexity index is 777. The van der Waals surface area contributed by atoms with Gasteiger partial charge < -0.3 is 15.1 Å². The molecule has 0 spiro atoms. The van der Waals surface area contributed by atoms with E-state index in [1.54, 1.807) is 4.90 Å². The van der Waals surface area contributed by atoms with Crippen molar-refractivity contribution in [2.45, 2.75) is 0 Å². The number of nitrogens with zero attached hydrogens (tertiary/aromatic N) is 3. The number of benzene rings is 2. The van der Waals surface area contributed by atoms with Gasteiger partial charge in [-0.2, -0.15) is 0 Å². The Balaban J connectivity index is 1.63. The van der Waals surface area contributed by atoms with E-state index in [1.807, 2.05) is 30.3 Å². The molecule has 0 bridgehead atoms. The van der Waals surface area contributed by atoms with Crippen LogP contribution in [-0.4, -0.2) is 42.0 Å². The minimum Gasteiger partial charge on any atom is -0.368 e. The molecule has 0 saturated carbocycles. The molecular formula is C17H17ClN4O3. The summed E-state index contributed by atoms with van der Waals surface area (Å²) in [4.78, 5) is 26.8. The fourth-order valence-electron chi connectivity index (χ4n) is 2.76. The summed E-state index contributed by atoms with van der Waals surface area (Å²) in [5, 5.41) is 14.0. The monoisotopic (exact) mass is 360 g/mol. The van der Waals surface area contributed by atoms with Gasteiger partial charge in [-0.25, -0.2) is 4.79 Å². The van der Waals surface area contributed by atoms with Crippen LogP contribution in [0.15, 0.2) is 48.5 Å². The minimum atomic E-state index is -0.561. The quantitative estimate of drug-likeness (QED) is 0.670. The third-order valence-electron chi connectivity index (χ3n) is 4.09. The molecule has 1 fully saturated rings. The summed E-state index contributed by atoms with van der Waals surface area (Å²) < 4.78 is 0. The predicted octanol–water partition coefficient (Wildman–Crippen LogP) is 3.60. The molecule has 2 aromatic rings. The highest BCUT2D eigenvalue weighted by Crippen LogP contribution is 2.28. The molecule has 130 valence electrons. The number of carbonyl (C=O) groups excluding carboxylic acids is 1. The third kappa shape index (κ3) is 4.00. The molecule has 0 atom stereocenters. The molecule has 1 aliphatic rings.